The summed E-state index contributed by atoms with van der Waals surface area (Å²) in [6, 6.07) is 11.3. The predicted molar refractivity (Wildman–Crippen MR) is 109 cm³/mol. The zero-order chi connectivity index (χ0) is 19.7. The van der Waals surface area contributed by atoms with Gasteiger partial charge in [-0.15, -0.1) is 11.3 Å². The lowest BCUT2D eigenvalue weighted by Gasteiger charge is -2.09. The number of thiazole rings is 1. The molecule has 2 heterocycles. The second-order valence-corrected chi connectivity index (χ2v) is 7.44. The van der Waals surface area contributed by atoms with E-state index in [2.05, 4.69) is 15.3 Å². The first-order chi connectivity index (χ1) is 13.5. The molecule has 0 aliphatic rings. The van der Waals surface area contributed by atoms with Crippen molar-refractivity contribution in [3.63, 3.8) is 0 Å². The number of aryl methyl sites for hydroxylation is 1. The number of anilines is 1. The molecule has 4 aromatic rings. The van der Waals surface area contributed by atoms with Gasteiger partial charge in [0.1, 0.15) is 15.7 Å². The van der Waals surface area contributed by atoms with E-state index < -0.39 is 0 Å². The van der Waals surface area contributed by atoms with Crippen molar-refractivity contribution in [2.24, 2.45) is 0 Å². The summed E-state index contributed by atoms with van der Waals surface area (Å²) in [6.07, 6.45) is 5.10. The molecule has 8 heteroatoms. The van der Waals surface area contributed by atoms with Gasteiger partial charge in [-0.25, -0.2) is 14.4 Å². The van der Waals surface area contributed by atoms with Gasteiger partial charge in [0.05, 0.1) is 22.7 Å². The molecule has 0 unspecified atom stereocenters. The number of carbonyl (C=O) groups excluding carboxylic acids is 1. The highest BCUT2D eigenvalue weighted by molar-refractivity contribution is 7.17. The predicted octanol–water partition coefficient (Wildman–Crippen LogP) is 5.35. The monoisotopic (exact) mass is 412 g/mol. The normalized spacial score (nSPS) is 10.8. The highest BCUT2D eigenvalue weighted by Gasteiger charge is 2.17. The van der Waals surface area contributed by atoms with E-state index in [1.54, 1.807) is 54.5 Å². The van der Waals surface area contributed by atoms with Crippen molar-refractivity contribution in [1.82, 2.24) is 14.5 Å². The van der Waals surface area contributed by atoms with Crippen molar-refractivity contribution in [3.05, 3.63) is 82.6 Å². The van der Waals surface area contributed by atoms with Crippen LogP contribution in [0.15, 0.2) is 61.2 Å². The van der Waals surface area contributed by atoms with Gasteiger partial charge in [-0.2, -0.15) is 0 Å². The minimum Gasteiger partial charge on any atom is -0.321 e. The number of imidazole rings is 1. The topological polar surface area (TPSA) is 59.8 Å². The van der Waals surface area contributed by atoms with E-state index in [0.29, 0.717) is 26.3 Å². The molecule has 2 aromatic carbocycles. The summed E-state index contributed by atoms with van der Waals surface area (Å²) >= 11 is 7.60. The van der Waals surface area contributed by atoms with E-state index in [1.807, 2.05) is 6.07 Å². The Morgan fingerprint density at radius 2 is 2.00 bits per heavy atom. The van der Waals surface area contributed by atoms with Gasteiger partial charge < -0.3 is 9.88 Å². The van der Waals surface area contributed by atoms with Crippen molar-refractivity contribution in [1.29, 1.82) is 0 Å². The number of benzene rings is 2. The summed E-state index contributed by atoms with van der Waals surface area (Å²) in [5.74, 6) is -0.583. The van der Waals surface area contributed by atoms with Crippen LogP contribution in [0.5, 0.6) is 0 Å². The van der Waals surface area contributed by atoms with Crippen molar-refractivity contribution < 1.29 is 9.18 Å². The Kier molecular flexibility index (Phi) is 4.93. The molecule has 5 nitrogen and oxygen atoms in total. The van der Waals surface area contributed by atoms with E-state index >= 15 is 0 Å². The average molecular weight is 413 g/mol. The fourth-order valence-corrected chi connectivity index (χ4v) is 3.95. The molecule has 0 fully saturated rings. The largest absolute Gasteiger partial charge is 0.321 e. The molecule has 0 radical (unpaired) electrons. The summed E-state index contributed by atoms with van der Waals surface area (Å²) < 4.78 is 14.9. The number of rotatable bonds is 4. The minimum atomic E-state index is -0.314. The Morgan fingerprint density at radius 1 is 1.21 bits per heavy atom. The minimum absolute atomic E-state index is 0.269. The van der Waals surface area contributed by atoms with Crippen LogP contribution in [-0.2, 0) is 0 Å². The van der Waals surface area contributed by atoms with Crippen LogP contribution >= 0.6 is 22.9 Å². The quantitative estimate of drug-likeness (QED) is 0.491. The molecule has 28 heavy (non-hydrogen) atoms. The number of amides is 1. The molecular weight excluding hydrogens is 399 g/mol. The van der Waals surface area contributed by atoms with E-state index in [-0.39, 0.29) is 11.7 Å². The van der Waals surface area contributed by atoms with Crippen molar-refractivity contribution in [2.45, 2.75) is 6.92 Å². The molecule has 1 amide bonds. The zero-order valence-electron chi connectivity index (χ0n) is 14.7. The maximum absolute atomic E-state index is 13.1. The molecule has 0 aliphatic carbocycles. The number of nitrogens with zero attached hydrogens (tertiary/aromatic N) is 3. The molecule has 0 aliphatic heterocycles. The molecule has 1 N–H and O–H groups in total. The second-order valence-electron chi connectivity index (χ2n) is 6.03. The van der Waals surface area contributed by atoms with Gasteiger partial charge >= 0.3 is 0 Å². The highest BCUT2D eigenvalue weighted by Crippen LogP contribution is 2.29. The molecule has 2 aromatic heterocycles. The zero-order valence-corrected chi connectivity index (χ0v) is 16.3. The third-order valence-electron chi connectivity index (χ3n) is 4.08. The molecule has 0 spiro atoms. The van der Waals surface area contributed by atoms with Crippen LogP contribution in [-0.4, -0.2) is 20.4 Å². The number of aromatic nitrogens is 3. The van der Waals surface area contributed by atoms with Crippen LogP contribution in [0.1, 0.15) is 15.4 Å². The smallest absolute Gasteiger partial charge is 0.267 e. The SMILES string of the molecule is Cc1nc(-c2ccc(F)cc2)sc1C(=O)Nc1ccc(-n2ccnc2)c(Cl)c1. The fourth-order valence-electron chi connectivity index (χ4n) is 2.71. The number of nitrogens with one attached hydrogen (secondary N) is 1. The first kappa shape index (κ1) is 18.3. The molecule has 0 saturated carbocycles. The standard InChI is InChI=1S/C20H14ClFN4OS/c1-12-18(28-20(24-12)13-2-4-14(22)5-3-13)19(27)25-15-6-7-17(16(21)10-15)26-9-8-23-11-26/h2-11H,1H3,(H,25,27). The Bertz CT molecular complexity index is 1140. The lowest BCUT2D eigenvalue weighted by Crippen LogP contribution is -2.11. The third-order valence-corrected chi connectivity index (χ3v) is 5.59. The van der Waals surface area contributed by atoms with Gasteiger partial charge in [0.25, 0.3) is 5.91 Å². The maximum atomic E-state index is 13.1. The van der Waals surface area contributed by atoms with Crippen LogP contribution in [0.25, 0.3) is 16.3 Å². The molecule has 140 valence electrons. The van der Waals surface area contributed by atoms with Crippen LogP contribution in [0, 0.1) is 12.7 Å². The van der Waals surface area contributed by atoms with E-state index in [9.17, 15) is 9.18 Å². The van der Waals surface area contributed by atoms with E-state index in [4.69, 9.17) is 11.6 Å². The lowest BCUT2D eigenvalue weighted by atomic mass is 10.2. The number of hydrogen-bond acceptors (Lipinski definition) is 4. The van der Waals surface area contributed by atoms with Crippen molar-refractivity contribution in [2.75, 3.05) is 5.32 Å². The molecule has 0 saturated heterocycles. The first-order valence-corrected chi connectivity index (χ1v) is 9.53. The number of carbonyl (C=O) groups is 1. The second kappa shape index (κ2) is 7.53. The summed E-state index contributed by atoms with van der Waals surface area (Å²) in [4.78, 5) is 21.6. The Balaban J connectivity index is 1.55. The van der Waals surface area contributed by atoms with Gasteiger partial charge in [0, 0.05) is 23.6 Å². The van der Waals surface area contributed by atoms with Crippen LogP contribution in [0.2, 0.25) is 5.02 Å². The summed E-state index contributed by atoms with van der Waals surface area (Å²) in [7, 11) is 0. The summed E-state index contributed by atoms with van der Waals surface area (Å²) in [6.45, 7) is 1.77. The lowest BCUT2D eigenvalue weighted by molar-refractivity contribution is 0.103. The Labute approximate surface area is 169 Å². The highest BCUT2D eigenvalue weighted by atomic mass is 35.5. The third kappa shape index (κ3) is 3.67. The number of hydrogen-bond donors (Lipinski definition) is 1. The van der Waals surface area contributed by atoms with E-state index in [1.165, 1.54) is 23.5 Å². The molecular formula is C20H14ClFN4OS. The maximum Gasteiger partial charge on any atom is 0.267 e. The molecule has 0 atom stereocenters. The summed E-state index contributed by atoms with van der Waals surface area (Å²) in [5, 5.41) is 4.00. The fraction of sp³-hybridized carbons (Fsp3) is 0.0500. The van der Waals surface area contributed by atoms with Crippen molar-refractivity contribution in [3.8, 4) is 16.3 Å². The van der Waals surface area contributed by atoms with E-state index in [0.717, 1.165) is 11.3 Å². The first-order valence-electron chi connectivity index (χ1n) is 8.34. The van der Waals surface area contributed by atoms with Gasteiger partial charge in [-0.1, -0.05) is 11.6 Å². The number of halogens is 2. The van der Waals surface area contributed by atoms with Gasteiger partial charge in [-0.3, -0.25) is 4.79 Å². The molecule has 0 bridgehead atoms. The van der Waals surface area contributed by atoms with Gasteiger partial charge in [0.15, 0.2) is 0 Å². The van der Waals surface area contributed by atoms with Crippen molar-refractivity contribution >= 4 is 34.5 Å². The van der Waals surface area contributed by atoms with Crippen LogP contribution in [0.3, 0.4) is 0 Å². The van der Waals surface area contributed by atoms with Gasteiger partial charge in [-0.05, 0) is 49.4 Å². The molecule has 4 rings (SSSR count). The Morgan fingerprint density at radius 3 is 2.68 bits per heavy atom. The van der Waals surface area contributed by atoms with Crippen LogP contribution in [0.4, 0.5) is 10.1 Å². The van der Waals surface area contributed by atoms with Gasteiger partial charge in [0.2, 0.25) is 0 Å². The van der Waals surface area contributed by atoms with Crippen LogP contribution < -0.4 is 5.32 Å². The summed E-state index contributed by atoms with van der Waals surface area (Å²) in [5.41, 5.74) is 2.73. The average Bonchev–Trinajstić information content (AvgIpc) is 3.32. The Hall–Kier alpha value is -3.03.